The van der Waals surface area contributed by atoms with Crippen LogP contribution in [0.2, 0.25) is 0 Å². The van der Waals surface area contributed by atoms with Crippen molar-refractivity contribution in [2.75, 3.05) is 5.32 Å². The highest BCUT2D eigenvalue weighted by Gasteiger charge is 2.18. The number of para-hydroxylation sites is 1. The summed E-state index contributed by atoms with van der Waals surface area (Å²) < 4.78 is 0. The van der Waals surface area contributed by atoms with E-state index in [1.807, 2.05) is 0 Å². The Kier molecular flexibility index (Phi) is 7.19. The van der Waals surface area contributed by atoms with Gasteiger partial charge in [-0.1, -0.05) is 45.9 Å². The van der Waals surface area contributed by atoms with Gasteiger partial charge in [-0.15, -0.1) is 23.7 Å². The molecule has 1 aromatic heterocycles. The zero-order valence-corrected chi connectivity index (χ0v) is 15.6. The maximum Gasteiger partial charge on any atom is 0.275 e. The Hall–Kier alpha value is -1.43. The van der Waals surface area contributed by atoms with Crippen LogP contribution in [0.4, 0.5) is 5.69 Å². The summed E-state index contributed by atoms with van der Waals surface area (Å²) in [6.45, 7) is 8.88. The van der Waals surface area contributed by atoms with Crippen LogP contribution in [0, 0.1) is 0 Å². The van der Waals surface area contributed by atoms with E-state index >= 15 is 0 Å². The molecule has 6 heteroatoms. The molecule has 0 bridgehead atoms. The first-order chi connectivity index (χ1) is 10.4. The summed E-state index contributed by atoms with van der Waals surface area (Å²) in [5, 5.41) is 5.58. The van der Waals surface area contributed by atoms with E-state index in [2.05, 4.69) is 56.2 Å². The van der Waals surface area contributed by atoms with Crippen LogP contribution in [0.3, 0.4) is 0 Å². The normalized spacial score (nSPS) is 10.7. The van der Waals surface area contributed by atoms with Gasteiger partial charge in [0.25, 0.3) is 5.91 Å². The lowest BCUT2D eigenvalue weighted by atomic mass is 9.92. The van der Waals surface area contributed by atoms with Crippen molar-refractivity contribution in [2.24, 2.45) is 5.73 Å². The van der Waals surface area contributed by atoms with Crippen LogP contribution in [-0.2, 0) is 6.54 Å². The second-order valence-corrected chi connectivity index (χ2v) is 6.85. The van der Waals surface area contributed by atoms with Crippen molar-refractivity contribution in [3.63, 3.8) is 0 Å². The molecule has 1 aromatic carbocycles. The van der Waals surface area contributed by atoms with Gasteiger partial charge >= 0.3 is 0 Å². The second-order valence-electron chi connectivity index (χ2n) is 5.91. The molecule has 126 valence electrons. The molecule has 2 aromatic rings. The first kappa shape index (κ1) is 19.6. The Morgan fingerprint density at radius 1 is 1.22 bits per heavy atom. The Morgan fingerprint density at radius 3 is 2.22 bits per heavy atom. The number of carbonyl (C=O) groups excluding carboxylic acids is 1. The van der Waals surface area contributed by atoms with Gasteiger partial charge in [-0.3, -0.25) is 4.79 Å². The van der Waals surface area contributed by atoms with E-state index < -0.39 is 0 Å². The number of benzene rings is 1. The quantitative estimate of drug-likeness (QED) is 0.830. The molecule has 4 nitrogen and oxygen atoms in total. The van der Waals surface area contributed by atoms with E-state index in [1.54, 1.807) is 5.38 Å². The number of thiazole rings is 1. The average molecular weight is 354 g/mol. The number of rotatable bonds is 5. The second kappa shape index (κ2) is 8.43. The fourth-order valence-electron chi connectivity index (χ4n) is 2.38. The van der Waals surface area contributed by atoms with Crippen LogP contribution in [0.25, 0.3) is 0 Å². The Balaban J connectivity index is 0.00000264. The number of aromatic nitrogens is 1. The fourth-order valence-corrected chi connectivity index (χ4v) is 3.04. The first-order valence-electron chi connectivity index (χ1n) is 7.52. The first-order valence-corrected chi connectivity index (χ1v) is 8.40. The number of hydrogen-bond acceptors (Lipinski definition) is 4. The fraction of sp³-hybridized carbons (Fsp3) is 0.412. The van der Waals surface area contributed by atoms with Crippen LogP contribution in [0.5, 0.6) is 0 Å². The van der Waals surface area contributed by atoms with Crippen molar-refractivity contribution in [3.8, 4) is 0 Å². The number of amides is 1. The van der Waals surface area contributed by atoms with Crippen molar-refractivity contribution < 1.29 is 4.79 Å². The van der Waals surface area contributed by atoms with Gasteiger partial charge in [0.2, 0.25) is 0 Å². The average Bonchev–Trinajstić information content (AvgIpc) is 2.95. The molecule has 0 saturated carbocycles. The van der Waals surface area contributed by atoms with Gasteiger partial charge in [-0.25, -0.2) is 4.98 Å². The third-order valence-corrected chi connectivity index (χ3v) is 4.44. The summed E-state index contributed by atoms with van der Waals surface area (Å²) in [6, 6.07) is 6.19. The van der Waals surface area contributed by atoms with E-state index in [9.17, 15) is 4.79 Å². The number of anilines is 1. The maximum absolute atomic E-state index is 12.5. The van der Waals surface area contributed by atoms with Crippen molar-refractivity contribution in [1.29, 1.82) is 0 Å². The van der Waals surface area contributed by atoms with Gasteiger partial charge in [-0.2, -0.15) is 0 Å². The molecule has 1 amide bonds. The van der Waals surface area contributed by atoms with Gasteiger partial charge in [0.15, 0.2) is 0 Å². The molecule has 0 spiro atoms. The van der Waals surface area contributed by atoms with Crippen LogP contribution in [-0.4, -0.2) is 10.9 Å². The highest BCUT2D eigenvalue weighted by Crippen LogP contribution is 2.32. The highest BCUT2D eigenvalue weighted by atomic mass is 35.5. The minimum Gasteiger partial charge on any atom is -0.325 e. The summed E-state index contributed by atoms with van der Waals surface area (Å²) in [7, 11) is 0. The largest absolute Gasteiger partial charge is 0.325 e. The van der Waals surface area contributed by atoms with E-state index in [0.717, 1.165) is 21.8 Å². The topological polar surface area (TPSA) is 68.0 Å². The minimum atomic E-state index is -0.175. The van der Waals surface area contributed by atoms with Crippen LogP contribution < -0.4 is 11.1 Å². The molecule has 0 aliphatic carbocycles. The minimum absolute atomic E-state index is 0. The van der Waals surface area contributed by atoms with Gasteiger partial charge in [0.05, 0.1) is 0 Å². The molecule has 0 saturated heterocycles. The molecule has 0 unspecified atom stereocenters. The molecule has 1 heterocycles. The molecule has 0 atom stereocenters. The van der Waals surface area contributed by atoms with Crippen molar-refractivity contribution >= 4 is 35.3 Å². The summed E-state index contributed by atoms with van der Waals surface area (Å²) in [5.41, 5.74) is 9.20. The molecule has 0 radical (unpaired) electrons. The molecule has 0 aliphatic rings. The van der Waals surface area contributed by atoms with Crippen molar-refractivity contribution in [1.82, 2.24) is 4.98 Å². The standard InChI is InChI=1S/C17H23N3OS.ClH/c1-10(2)12-6-5-7-13(11(3)4)16(12)20-17(21)14-9-22-15(8-18)19-14;/h5-7,9-11H,8,18H2,1-4H3,(H,20,21);1H. The van der Waals surface area contributed by atoms with Crippen LogP contribution >= 0.6 is 23.7 Å². The molecule has 3 N–H and O–H groups in total. The lowest BCUT2D eigenvalue weighted by Crippen LogP contribution is -2.16. The number of nitrogens with zero attached hydrogens (tertiary/aromatic N) is 1. The molecule has 2 rings (SSSR count). The molecular formula is C17H24ClN3OS. The van der Waals surface area contributed by atoms with E-state index in [4.69, 9.17) is 5.73 Å². The molecule has 0 aliphatic heterocycles. The molecular weight excluding hydrogens is 330 g/mol. The van der Waals surface area contributed by atoms with Crippen LogP contribution in [0.1, 0.15) is 66.2 Å². The van der Waals surface area contributed by atoms with Crippen molar-refractivity contribution in [3.05, 3.63) is 45.4 Å². The molecule has 23 heavy (non-hydrogen) atoms. The predicted molar refractivity (Wildman–Crippen MR) is 99.8 cm³/mol. The lowest BCUT2D eigenvalue weighted by Gasteiger charge is -2.19. The number of nitrogens with one attached hydrogen (secondary N) is 1. The van der Waals surface area contributed by atoms with E-state index in [-0.39, 0.29) is 18.3 Å². The summed E-state index contributed by atoms with van der Waals surface area (Å²) in [5.74, 6) is 0.499. The van der Waals surface area contributed by atoms with Crippen molar-refractivity contribution in [2.45, 2.75) is 46.1 Å². The number of carbonyl (C=O) groups is 1. The van der Waals surface area contributed by atoms with Gasteiger partial charge in [-0.05, 0) is 23.0 Å². The highest BCUT2D eigenvalue weighted by molar-refractivity contribution is 7.09. The lowest BCUT2D eigenvalue weighted by molar-refractivity contribution is 0.102. The third-order valence-electron chi connectivity index (χ3n) is 3.57. The predicted octanol–water partition coefficient (Wildman–Crippen LogP) is 4.52. The van der Waals surface area contributed by atoms with E-state index in [1.165, 1.54) is 11.3 Å². The Labute approximate surface area is 147 Å². The number of nitrogens with two attached hydrogens (primary N) is 1. The Bertz CT molecular complexity index is 641. The molecule has 0 fully saturated rings. The smallest absolute Gasteiger partial charge is 0.275 e. The third kappa shape index (κ3) is 4.53. The van der Waals surface area contributed by atoms with E-state index in [0.29, 0.717) is 24.1 Å². The summed E-state index contributed by atoms with van der Waals surface area (Å²) >= 11 is 1.41. The van der Waals surface area contributed by atoms with Gasteiger partial charge in [0, 0.05) is 17.6 Å². The summed E-state index contributed by atoms with van der Waals surface area (Å²) in [4.78, 5) is 16.7. The van der Waals surface area contributed by atoms with Crippen LogP contribution in [0.15, 0.2) is 23.6 Å². The number of hydrogen-bond donors (Lipinski definition) is 2. The Morgan fingerprint density at radius 2 is 1.78 bits per heavy atom. The zero-order chi connectivity index (χ0) is 16.3. The van der Waals surface area contributed by atoms with Gasteiger partial charge in [0.1, 0.15) is 10.7 Å². The zero-order valence-electron chi connectivity index (χ0n) is 13.9. The number of halogens is 1. The SMILES string of the molecule is CC(C)c1cccc(C(C)C)c1NC(=O)c1csc(CN)n1.Cl. The summed E-state index contributed by atoms with van der Waals surface area (Å²) in [6.07, 6.45) is 0. The maximum atomic E-state index is 12.5. The van der Waals surface area contributed by atoms with Gasteiger partial charge < -0.3 is 11.1 Å². The monoisotopic (exact) mass is 353 g/mol.